The van der Waals surface area contributed by atoms with E-state index < -0.39 is 21.7 Å². The van der Waals surface area contributed by atoms with E-state index in [4.69, 9.17) is 10.5 Å². The van der Waals surface area contributed by atoms with E-state index in [-0.39, 0.29) is 21.8 Å². The normalized spacial score (nSPS) is 15.6. The number of benzene rings is 2. The summed E-state index contributed by atoms with van der Waals surface area (Å²) in [6.45, 7) is 1.32. The molecule has 2 aromatic carbocycles. The second-order valence-corrected chi connectivity index (χ2v) is 7.66. The van der Waals surface area contributed by atoms with Crippen LogP contribution in [0.15, 0.2) is 47.4 Å². The number of nitrogens with zero attached hydrogens (tertiary/aromatic N) is 1. The topological polar surface area (TPSA) is 102 Å². The van der Waals surface area contributed by atoms with Gasteiger partial charge in [-0.2, -0.15) is 4.31 Å². The fourth-order valence-corrected chi connectivity index (χ4v) is 3.96. The summed E-state index contributed by atoms with van der Waals surface area (Å²) < 4.78 is 44.7. The van der Waals surface area contributed by atoms with Gasteiger partial charge in [0.2, 0.25) is 10.0 Å². The van der Waals surface area contributed by atoms with E-state index in [0.29, 0.717) is 26.3 Å². The Hall–Kier alpha value is -2.49. The van der Waals surface area contributed by atoms with Gasteiger partial charge in [-0.1, -0.05) is 0 Å². The minimum Gasteiger partial charge on any atom is -0.397 e. The Balaban J connectivity index is 1.75. The zero-order valence-electron chi connectivity index (χ0n) is 13.8. The van der Waals surface area contributed by atoms with Crippen molar-refractivity contribution in [2.75, 3.05) is 37.4 Å². The van der Waals surface area contributed by atoms with Crippen molar-refractivity contribution in [3.63, 3.8) is 0 Å². The average molecular weight is 379 g/mol. The first kappa shape index (κ1) is 18.3. The van der Waals surface area contributed by atoms with Crippen LogP contribution in [0.25, 0.3) is 0 Å². The number of sulfonamides is 1. The predicted octanol–water partition coefficient (Wildman–Crippen LogP) is 1.68. The molecule has 0 unspecified atom stereocenters. The number of halogens is 1. The highest BCUT2D eigenvalue weighted by molar-refractivity contribution is 7.89. The van der Waals surface area contributed by atoms with Crippen molar-refractivity contribution in [1.29, 1.82) is 0 Å². The van der Waals surface area contributed by atoms with Crippen LogP contribution in [0.4, 0.5) is 15.8 Å². The summed E-state index contributed by atoms with van der Waals surface area (Å²) in [7, 11) is -3.61. The first-order valence-corrected chi connectivity index (χ1v) is 9.36. The van der Waals surface area contributed by atoms with Crippen molar-refractivity contribution < 1.29 is 22.3 Å². The van der Waals surface area contributed by atoms with Gasteiger partial charge < -0.3 is 15.8 Å². The smallest absolute Gasteiger partial charge is 0.255 e. The number of hydrogen-bond acceptors (Lipinski definition) is 5. The van der Waals surface area contributed by atoms with Gasteiger partial charge in [0.25, 0.3) is 5.91 Å². The molecule has 3 rings (SSSR count). The zero-order chi connectivity index (χ0) is 18.7. The van der Waals surface area contributed by atoms with E-state index in [2.05, 4.69) is 5.32 Å². The van der Waals surface area contributed by atoms with E-state index >= 15 is 0 Å². The van der Waals surface area contributed by atoms with E-state index in [9.17, 15) is 17.6 Å². The maximum Gasteiger partial charge on any atom is 0.255 e. The number of rotatable bonds is 4. The number of nitrogens with one attached hydrogen (secondary N) is 1. The summed E-state index contributed by atoms with van der Waals surface area (Å²) in [5.74, 6) is -0.975. The third kappa shape index (κ3) is 3.85. The van der Waals surface area contributed by atoms with Gasteiger partial charge in [0.1, 0.15) is 5.82 Å². The van der Waals surface area contributed by atoms with Crippen molar-refractivity contribution in [2.24, 2.45) is 0 Å². The maximum absolute atomic E-state index is 13.1. The molecule has 7 nitrogen and oxygen atoms in total. The number of nitrogen functional groups attached to an aromatic ring is 1. The Morgan fingerprint density at radius 3 is 2.38 bits per heavy atom. The lowest BCUT2D eigenvalue weighted by atomic mass is 10.2. The fourth-order valence-electron chi connectivity index (χ4n) is 2.56. The first-order valence-electron chi connectivity index (χ1n) is 7.92. The van der Waals surface area contributed by atoms with Crippen LogP contribution in [0.1, 0.15) is 10.4 Å². The SMILES string of the molecule is Nc1cc(F)ccc1NC(=O)c1ccc(S(=O)(=O)N2CCOCC2)cc1. The Bertz CT molecular complexity index is 910. The van der Waals surface area contributed by atoms with Crippen LogP contribution < -0.4 is 11.1 Å². The molecule has 0 radical (unpaired) electrons. The molecular weight excluding hydrogens is 361 g/mol. The third-order valence-corrected chi connectivity index (χ3v) is 5.90. The molecule has 0 spiro atoms. The van der Waals surface area contributed by atoms with Crippen molar-refractivity contribution in [2.45, 2.75) is 4.90 Å². The highest BCUT2D eigenvalue weighted by Gasteiger charge is 2.26. The summed E-state index contributed by atoms with van der Waals surface area (Å²) in [6, 6.07) is 9.25. The van der Waals surface area contributed by atoms with Crippen LogP contribution in [0.2, 0.25) is 0 Å². The number of amides is 1. The molecule has 0 aromatic heterocycles. The summed E-state index contributed by atoms with van der Waals surface area (Å²) in [4.78, 5) is 12.4. The van der Waals surface area contributed by atoms with Crippen molar-refractivity contribution in [3.05, 3.63) is 53.8 Å². The molecular formula is C17H18FN3O4S. The molecule has 1 heterocycles. The summed E-state index contributed by atoms with van der Waals surface area (Å²) in [5, 5.41) is 2.57. The monoisotopic (exact) mass is 379 g/mol. The van der Waals surface area contributed by atoms with E-state index in [1.54, 1.807) is 0 Å². The minimum atomic E-state index is -3.61. The Labute approximate surface area is 150 Å². The van der Waals surface area contributed by atoms with Gasteiger partial charge in [-0.3, -0.25) is 4.79 Å². The average Bonchev–Trinajstić information content (AvgIpc) is 2.65. The van der Waals surface area contributed by atoms with E-state index in [1.807, 2.05) is 0 Å². The molecule has 1 aliphatic rings. The van der Waals surface area contributed by atoms with Gasteiger partial charge in [0, 0.05) is 18.7 Å². The molecule has 26 heavy (non-hydrogen) atoms. The largest absolute Gasteiger partial charge is 0.397 e. The van der Waals surface area contributed by atoms with Crippen molar-refractivity contribution >= 4 is 27.3 Å². The fraction of sp³-hybridized carbons (Fsp3) is 0.235. The maximum atomic E-state index is 13.1. The first-order chi connectivity index (χ1) is 12.4. The van der Waals surface area contributed by atoms with Crippen LogP contribution >= 0.6 is 0 Å². The van der Waals surface area contributed by atoms with Crippen LogP contribution in [-0.2, 0) is 14.8 Å². The molecule has 1 aliphatic heterocycles. The Morgan fingerprint density at radius 1 is 1.12 bits per heavy atom. The second-order valence-electron chi connectivity index (χ2n) is 5.73. The molecule has 0 bridgehead atoms. The number of nitrogens with two attached hydrogens (primary N) is 1. The predicted molar refractivity (Wildman–Crippen MR) is 94.8 cm³/mol. The standard InChI is InChI=1S/C17H18FN3O4S/c18-13-3-6-16(15(19)11-13)20-17(22)12-1-4-14(5-2-12)26(23,24)21-7-9-25-10-8-21/h1-6,11H,7-10,19H2,(H,20,22). The number of carbonyl (C=O) groups excluding carboxylic acids is 1. The lowest BCUT2D eigenvalue weighted by molar-refractivity contribution is 0.0730. The number of hydrogen-bond donors (Lipinski definition) is 2. The number of anilines is 2. The quantitative estimate of drug-likeness (QED) is 0.787. The number of carbonyl (C=O) groups is 1. The third-order valence-electron chi connectivity index (χ3n) is 3.99. The molecule has 0 aliphatic carbocycles. The molecule has 1 fully saturated rings. The Morgan fingerprint density at radius 2 is 1.77 bits per heavy atom. The zero-order valence-corrected chi connectivity index (χ0v) is 14.6. The molecule has 1 saturated heterocycles. The van der Waals surface area contributed by atoms with Gasteiger partial charge in [-0.25, -0.2) is 12.8 Å². The summed E-state index contributed by atoms with van der Waals surface area (Å²) in [5.41, 5.74) is 6.30. The lowest BCUT2D eigenvalue weighted by Gasteiger charge is -2.26. The molecule has 3 N–H and O–H groups in total. The van der Waals surface area contributed by atoms with Crippen LogP contribution in [0.5, 0.6) is 0 Å². The van der Waals surface area contributed by atoms with Crippen LogP contribution in [0, 0.1) is 5.82 Å². The van der Waals surface area contributed by atoms with Gasteiger partial charge in [0.05, 0.1) is 29.5 Å². The molecule has 2 aromatic rings. The molecule has 1 amide bonds. The molecule has 9 heteroatoms. The number of ether oxygens (including phenoxy) is 1. The summed E-state index contributed by atoms with van der Waals surface area (Å²) in [6.07, 6.45) is 0. The highest BCUT2D eigenvalue weighted by Crippen LogP contribution is 2.21. The van der Waals surface area contributed by atoms with Gasteiger partial charge in [-0.05, 0) is 42.5 Å². The molecule has 0 saturated carbocycles. The van der Waals surface area contributed by atoms with Crippen molar-refractivity contribution in [1.82, 2.24) is 4.31 Å². The second kappa shape index (κ2) is 7.40. The number of morpholine rings is 1. The summed E-state index contributed by atoms with van der Waals surface area (Å²) >= 11 is 0. The lowest BCUT2D eigenvalue weighted by Crippen LogP contribution is -2.40. The van der Waals surface area contributed by atoms with E-state index in [1.165, 1.54) is 40.7 Å². The molecule has 0 atom stereocenters. The highest BCUT2D eigenvalue weighted by atomic mass is 32.2. The molecule has 138 valence electrons. The van der Waals surface area contributed by atoms with Gasteiger partial charge >= 0.3 is 0 Å². The van der Waals surface area contributed by atoms with Crippen molar-refractivity contribution in [3.8, 4) is 0 Å². The van der Waals surface area contributed by atoms with Crippen LogP contribution in [-0.4, -0.2) is 44.9 Å². The van der Waals surface area contributed by atoms with Gasteiger partial charge in [-0.15, -0.1) is 0 Å². The van der Waals surface area contributed by atoms with Crippen LogP contribution in [0.3, 0.4) is 0 Å². The minimum absolute atomic E-state index is 0.102. The van der Waals surface area contributed by atoms with E-state index in [0.717, 1.165) is 6.07 Å². The Kier molecular flexibility index (Phi) is 5.21. The van der Waals surface area contributed by atoms with Gasteiger partial charge in [0.15, 0.2) is 0 Å².